The Labute approximate surface area is 182 Å². The van der Waals surface area contributed by atoms with Crippen LogP contribution in [0.25, 0.3) is 0 Å². The molecule has 1 nitrogen and oxygen atoms in total. The van der Waals surface area contributed by atoms with Gasteiger partial charge in [0.05, 0.1) is 0 Å². The summed E-state index contributed by atoms with van der Waals surface area (Å²) < 4.78 is 3.96. The Balaban J connectivity index is 2.27. The summed E-state index contributed by atoms with van der Waals surface area (Å²) in [6, 6.07) is 18.4. The van der Waals surface area contributed by atoms with E-state index in [9.17, 15) is 0 Å². The molecule has 3 rings (SSSR count). The van der Waals surface area contributed by atoms with E-state index in [-0.39, 0.29) is 0 Å². The molecule has 0 saturated heterocycles. The van der Waals surface area contributed by atoms with Gasteiger partial charge in [0.2, 0.25) is 0 Å². The smallest absolute Gasteiger partial charge is 0.113 e. The summed E-state index contributed by atoms with van der Waals surface area (Å²) in [6.45, 7) is 2.08. The molecular weight excluding hydrogens is 573 g/mol. The molecule has 0 atom stereocenters. The van der Waals surface area contributed by atoms with Crippen molar-refractivity contribution in [3.05, 3.63) is 78.1 Å². The lowest BCUT2D eigenvalue weighted by Gasteiger charge is -2.27. The monoisotopic (exact) mass is 581 g/mol. The molecule has 0 spiro atoms. The summed E-state index contributed by atoms with van der Waals surface area (Å²) in [5.74, 6) is 0. The van der Waals surface area contributed by atoms with Crippen molar-refractivity contribution < 1.29 is 0 Å². The van der Waals surface area contributed by atoms with Crippen LogP contribution in [0.2, 0.25) is 0 Å². The predicted molar refractivity (Wildman–Crippen MR) is 122 cm³/mol. The highest BCUT2D eigenvalue weighted by atomic mass is 79.9. The Morgan fingerprint density at radius 1 is 0.600 bits per heavy atom. The lowest BCUT2D eigenvalue weighted by atomic mass is 9.95. The number of rotatable bonds is 3. The van der Waals surface area contributed by atoms with Gasteiger partial charge in [0.25, 0.3) is 0 Å². The van der Waals surface area contributed by atoms with Crippen LogP contribution in [0, 0.1) is 6.92 Å². The first-order valence-corrected chi connectivity index (χ1v) is 10.6. The fourth-order valence-corrected chi connectivity index (χ4v) is 5.05. The molecule has 0 unspecified atom stereocenters. The van der Waals surface area contributed by atoms with E-state index in [1.54, 1.807) is 0 Å². The van der Waals surface area contributed by atoms with Crippen LogP contribution in [-0.2, 0) is 0 Å². The number of hydrogen-bond donors (Lipinski definition) is 0. The van der Waals surface area contributed by atoms with Gasteiger partial charge in [-0.3, -0.25) is 0 Å². The van der Waals surface area contributed by atoms with Crippen LogP contribution in [0.15, 0.2) is 72.5 Å². The van der Waals surface area contributed by atoms with E-state index in [2.05, 4.69) is 112 Å². The summed E-state index contributed by atoms with van der Waals surface area (Å²) in [5.41, 5.74) is 4.93. The van der Waals surface area contributed by atoms with Gasteiger partial charge in [0, 0.05) is 35.0 Å². The fraction of sp³-hybridized carbons (Fsp3) is 0.0526. The van der Waals surface area contributed by atoms with Crippen molar-refractivity contribution in [2.75, 3.05) is 4.90 Å². The third-order valence-corrected chi connectivity index (χ3v) is 5.39. The van der Waals surface area contributed by atoms with E-state index >= 15 is 0 Å². The number of aryl methyl sites for hydroxylation is 1. The molecule has 0 fully saturated rings. The van der Waals surface area contributed by atoms with Gasteiger partial charge in [0.15, 0.2) is 0 Å². The minimum Gasteiger partial charge on any atom is -0.310 e. The minimum atomic E-state index is 0.704. The van der Waals surface area contributed by atoms with Crippen LogP contribution >= 0.6 is 63.7 Å². The molecule has 0 aliphatic rings. The molecule has 124 valence electrons. The van der Waals surface area contributed by atoms with Crippen LogP contribution < -0.4 is 10.4 Å². The standard InChI is InChI=1S/C19H12BBr4N/c1-11-2-13(21)7-17(3-11)25(18-5-12(20)4-14(22)8-18)19-9-15(23)6-16(24)10-19/h2-10H,1H3. The second-order valence-corrected chi connectivity index (χ2v) is 9.36. The molecule has 2 radical (unpaired) electrons. The third kappa shape index (κ3) is 4.79. The minimum absolute atomic E-state index is 0.704. The molecule has 0 aliphatic heterocycles. The Morgan fingerprint density at radius 3 is 1.56 bits per heavy atom. The van der Waals surface area contributed by atoms with Gasteiger partial charge in [-0.15, -0.1) is 0 Å². The van der Waals surface area contributed by atoms with Crippen LogP contribution in [0.4, 0.5) is 17.1 Å². The molecule has 0 amide bonds. The SMILES string of the molecule is [B]c1cc(Br)cc(N(c2cc(C)cc(Br)c2)c2cc(Br)cc(Br)c2)c1. The second-order valence-electron chi connectivity index (χ2n) is 5.69. The van der Waals surface area contributed by atoms with Crippen molar-refractivity contribution in [3.8, 4) is 0 Å². The Hall–Kier alpha value is -0.555. The summed E-state index contributed by atoms with van der Waals surface area (Å²) in [4.78, 5) is 2.17. The summed E-state index contributed by atoms with van der Waals surface area (Å²) in [6.07, 6.45) is 0. The molecule has 0 aromatic heterocycles. The fourth-order valence-electron chi connectivity index (χ4n) is 2.69. The molecule has 0 N–H and O–H groups in total. The zero-order valence-corrected chi connectivity index (χ0v) is 19.6. The molecule has 0 aliphatic carbocycles. The van der Waals surface area contributed by atoms with Gasteiger partial charge in [-0.05, 0) is 61.0 Å². The highest BCUT2D eigenvalue weighted by Crippen LogP contribution is 2.39. The molecular formula is C19H12BBr4N. The van der Waals surface area contributed by atoms with Crippen LogP contribution in [-0.4, -0.2) is 7.85 Å². The molecule has 0 bridgehead atoms. The summed E-state index contributed by atoms with van der Waals surface area (Å²) in [7, 11) is 6.09. The van der Waals surface area contributed by atoms with Gasteiger partial charge in [-0.1, -0.05) is 75.2 Å². The Bertz CT molecular complexity index is 760. The number of nitrogens with zero attached hydrogens (tertiary/aromatic N) is 1. The molecule has 6 heteroatoms. The molecule has 0 saturated carbocycles. The van der Waals surface area contributed by atoms with Gasteiger partial charge >= 0.3 is 0 Å². The number of halogens is 4. The first-order chi connectivity index (χ1) is 11.8. The topological polar surface area (TPSA) is 3.24 Å². The van der Waals surface area contributed by atoms with Crippen molar-refractivity contribution in [3.63, 3.8) is 0 Å². The summed E-state index contributed by atoms with van der Waals surface area (Å²) in [5, 5.41) is 0. The van der Waals surface area contributed by atoms with Gasteiger partial charge in [-0.2, -0.15) is 0 Å². The van der Waals surface area contributed by atoms with E-state index in [1.807, 2.05) is 18.2 Å². The van der Waals surface area contributed by atoms with Gasteiger partial charge < -0.3 is 4.90 Å². The number of anilines is 3. The van der Waals surface area contributed by atoms with Gasteiger partial charge in [0.1, 0.15) is 7.85 Å². The van der Waals surface area contributed by atoms with Crippen molar-refractivity contribution in [2.24, 2.45) is 0 Å². The predicted octanol–water partition coefficient (Wildman–Crippen LogP) is 7.31. The zero-order chi connectivity index (χ0) is 18.1. The van der Waals surface area contributed by atoms with E-state index in [0.717, 1.165) is 35.0 Å². The molecule has 25 heavy (non-hydrogen) atoms. The Morgan fingerprint density at radius 2 is 1.04 bits per heavy atom. The lowest BCUT2D eigenvalue weighted by Crippen LogP contribution is -2.13. The second kappa shape index (κ2) is 7.99. The maximum atomic E-state index is 6.09. The third-order valence-electron chi connectivity index (χ3n) is 3.55. The number of benzene rings is 3. The van der Waals surface area contributed by atoms with E-state index in [0.29, 0.717) is 5.46 Å². The van der Waals surface area contributed by atoms with Crippen molar-refractivity contribution >= 4 is 94.1 Å². The lowest BCUT2D eigenvalue weighted by molar-refractivity contribution is 1.26. The van der Waals surface area contributed by atoms with Crippen LogP contribution in [0.1, 0.15) is 5.56 Å². The normalized spacial score (nSPS) is 10.8. The quantitative estimate of drug-likeness (QED) is 0.292. The van der Waals surface area contributed by atoms with Crippen molar-refractivity contribution in [2.45, 2.75) is 6.92 Å². The highest BCUT2D eigenvalue weighted by Gasteiger charge is 2.15. The van der Waals surface area contributed by atoms with Crippen LogP contribution in [0.5, 0.6) is 0 Å². The maximum absolute atomic E-state index is 6.09. The highest BCUT2D eigenvalue weighted by molar-refractivity contribution is 9.11. The van der Waals surface area contributed by atoms with E-state index < -0.39 is 0 Å². The van der Waals surface area contributed by atoms with Crippen molar-refractivity contribution in [1.82, 2.24) is 0 Å². The average Bonchev–Trinajstić information content (AvgIpc) is 2.44. The summed E-state index contributed by atoms with van der Waals surface area (Å²) >= 11 is 14.3. The van der Waals surface area contributed by atoms with Gasteiger partial charge in [-0.25, -0.2) is 0 Å². The van der Waals surface area contributed by atoms with E-state index in [1.165, 1.54) is 5.56 Å². The van der Waals surface area contributed by atoms with Crippen LogP contribution in [0.3, 0.4) is 0 Å². The first kappa shape index (κ1) is 19.2. The van der Waals surface area contributed by atoms with E-state index in [4.69, 9.17) is 7.85 Å². The first-order valence-electron chi connectivity index (χ1n) is 7.41. The molecule has 0 heterocycles. The Kier molecular flexibility index (Phi) is 6.14. The zero-order valence-electron chi connectivity index (χ0n) is 13.2. The maximum Gasteiger partial charge on any atom is 0.113 e. The molecule has 3 aromatic carbocycles. The number of hydrogen-bond acceptors (Lipinski definition) is 1. The molecule has 3 aromatic rings. The van der Waals surface area contributed by atoms with Crippen molar-refractivity contribution in [1.29, 1.82) is 0 Å². The average molecular weight is 585 g/mol. The largest absolute Gasteiger partial charge is 0.310 e.